The lowest BCUT2D eigenvalue weighted by Gasteiger charge is -2.15. The highest BCUT2D eigenvalue weighted by Gasteiger charge is 2.15. The Morgan fingerprint density at radius 3 is 2.55 bits per heavy atom. The van der Waals surface area contributed by atoms with Crippen molar-refractivity contribution in [3.8, 4) is 0 Å². The van der Waals surface area contributed by atoms with Gasteiger partial charge in [0.05, 0.1) is 17.0 Å². The molecule has 0 unspecified atom stereocenters. The molecule has 7 heteroatoms. The fourth-order valence-corrected chi connectivity index (χ4v) is 3.57. The second-order valence-corrected chi connectivity index (χ2v) is 7.67. The summed E-state index contributed by atoms with van der Waals surface area (Å²) in [5, 5.41) is 6.56. The Hall–Kier alpha value is -3.06. The zero-order chi connectivity index (χ0) is 20.6. The van der Waals surface area contributed by atoms with E-state index < -0.39 is 0 Å². The monoisotopic (exact) mass is 408 g/mol. The fraction of sp³-hybridized carbons (Fsp3) is 0.227. The van der Waals surface area contributed by atoms with Crippen molar-refractivity contribution in [1.29, 1.82) is 0 Å². The Labute approximate surface area is 174 Å². The molecule has 0 spiro atoms. The van der Waals surface area contributed by atoms with Gasteiger partial charge in [0.2, 0.25) is 5.91 Å². The first-order valence-corrected chi connectivity index (χ1v) is 10.4. The van der Waals surface area contributed by atoms with Gasteiger partial charge in [0.25, 0.3) is 5.91 Å². The lowest BCUT2D eigenvalue weighted by atomic mass is 10.0. The largest absolute Gasteiger partial charge is 0.351 e. The van der Waals surface area contributed by atoms with Crippen molar-refractivity contribution in [1.82, 2.24) is 14.9 Å². The quantitative estimate of drug-likeness (QED) is 0.558. The molecule has 1 heterocycles. The first-order chi connectivity index (χ1) is 14.0. The number of imidazole rings is 1. The summed E-state index contributed by atoms with van der Waals surface area (Å²) < 4.78 is 1.85. The summed E-state index contributed by atoms with van der Waals surface area (Å²) in [4.78, 5) is 29.2. The number of carbonyl (C=O) groups excluding carboxylic acids is 2. The third kappa shape index (κ3) is 5.71. The Kier molecular flexibility index (Phi) is 7.08. The predicted molar refractivity (Wildman–Crippen MR) is 116 cm³/mol. The molecule has 0 saturated carbocycles. The molecular weight excluding hydrogens is 384 g/mol. The average molecular weight is 409 g/mol. The summed E-state index contributed by atoms with van der Waals surface area (Å²) in [6.07, 6.45) is 3.52. The van der Waals surface area contributed by atoms with Gasteiger partial charge in [-0.2, -0.15) is 0 Å². The van der Waals surface area contributed by atoms with Crippen LogP contribution in [-0.2, 0) is 11.8 Å². The molecule has 29 heavy (non-hydrogen) atoms. The number of benzene rings is 2. The molecular formula is C22H24N4O2S. The normalized spacial score (nSPS) is 11.7. The maximum absolute atomic E-state index is 12.7. The van der Waals surface area contributed by atoms with Gasteiger partial charge in [-0.3, -0.25) is 9.59 Å². The van der Waals surface area contributed by atoms with Crippen LogP contribution in [0.5, 0.6) is 0 Å². The lowest BCUT2D eigenvalue weighted by Crippen LogP contribution is -2.28. The number of rotatable bonds is 8. The SMILES string of the molecule is C[C@H](CNC(=O)c1ccccc1NC(=O)CSc1nccn1C)c1ccccc1. The van der Waals surface area contributed by atoms with Gasteiger partial charge in [0.15, 0.2) is 5.16 Å². The van der Waals surface area contributed by atoms with Crippen LogP contribution in [0.1, 0.15) is 28.8 Å². The zero-order valence-electron chi connectivity index (χ0n) is 16.5. The van der Waals surface area contributed by atoms with Crippen molar-refractivity contribution >= 4 is 29.3 Å². The van der Waals surface area contributed by atoms with Gasteiger partial charge in [0.1, 0.15) is 0 Å². The molecule has 3 aromatic rings. The average Bonchev–Trinajstić information content (AvgIpc) is 3.16. The van der Waals surface area contributed by atoms with Crippen LogP contribution in [-0.4, -0.2) is 33.7 Å². The van der Waals surface area contributed by atoms with Gasteiger partial charge in [-0.15, -0.1) is 0 Å². The Morgan fingerprint density at radius 2 is 1.83 bits per heavy atom. The minimum atomic E-state index is -0.208. The number of nitrogens with zero attached hydrogens (tertiary/aromatic N) is 2. The topological polar surface area (TPSA) is 76.0 Å². The third-order valence-electron chi connectivity index (χ3n) is 4.49. The number of thioether (sulfide) groups is 1. The van der Waals surface area contributed by atoms with Gasteiger partial charge >= 0.3 is 0 Å². The van der Waals surface area contributed by atoms with E-state index in [0.29, 0.717) is 17.8 Å². The van der Waals surface area contributed by atoms with E-state index in [-0.39, 0.29) is 23.5 Å². The first kappa shape index (κ1) is 20.7. The molecule has 150 valence electrons. The Bertz CT molecular complexity index is 972. The standard InChI is InChI=1S/C22H24N4O2S/c1-16(17-8-4-3-5-9-17)14-24-21(28)18-10-6-7-11-19(18)25-20(27)15-29-22-23-12-13-26(22)2/h3-13,16H,14-15H2,1-2H3,(H,24,28)(H,25,27)/t16-/m1/s1. The smallest absolute Gasteiger partial charge is 0.253 e. The number of nitrogens with one attached hydrogen (secondary N) is 2. The van der Waals surface area contributed by atoms with Crippen molar-refractivity contribution in [2.45, 2.75) is 18.0 Å². The van der Waals surface area contributed by atoms with Gasteiger partial charge in [-0.25, -0.2) is 4.98 Å². The molecule has 0 radical (unpaired) electrons. The van der Waals surface area contributed by atoms with Crippen molar-refractivity contribution in [3.63, 3.8) is 0 Å². The molecule has 0 aliphatic rings. The summed E-state index contributed by atoms with van der Waals surface area (Å²) in [5.41, 5.74) is 2.12. The summed E-state index contributed by atoms with van der Waals surface area (Å²) in [6.45, 7) is 2.58. The molecule has 1 atom stereocenters. The lowest BCUT2D eigenvalue weighted by molar-refractivity contribution is -0.113. The molecule has 0 bridgehead atoms. The molecule has 2 N–H and O–H groups in total. The number of hydrogen-bond donors (Lipinski definition) is 2. The zero-order valence-corrected chi connectivity index (χ0v) is 17.3. The van der Waals surface area contributed by atoms with Crippen molar-refractivity contribution in [2.24, 2.45) is 7.05 Å². The van der Waals surface area contributed by atoms with Crippen molar-refractivity contribution in [2.75, 3.05) is 17.6 Å². The Balaban J connectivity index is 1.58. The molecule has 0 saturated heterocycles. The highest BCUT2D eigenvalue weighted by molar-refractivity contribution is 7.99. The minimum absolute atomic E-state index is 0.184. The van der Waals surface area contributed by atoms with Crippen LogP contribution < -0.4 is 10.6 Å². The van der Waals surface area contributed by atoms with E-state index in [0.717, 1.165) is 5.16 Å². The van der Waals surface area contributed by atoms with Crippen LogP contribution in [0.2, 0.25) is 0 Å². The van der Waals surface area contributed by atoms with Gasteiger partial charge in [0, 0.05) is 26.0 Å². The van der Waals surface area contributed by atoms with E-state index in [4.69, 9.17) is 0 Å². The molecule has 0 aliphatic heterocycles. The highest BCUT2D eigenvalue weighted by Crippen LogP contribution is 2.19. The van der Waals surface area contributed by atoms with Crippen LogP contribution in [0.15, 0.2) is 72.1 Å². The van der Waals surface area contributed by atoms with E-state index in [1.807, 2.05) is 48.1 Å². The number of carbonyl (C=O) groups is 2. The maximum atomic E-state index is 12.7. The number of amides is 2. The predicted octanol–water partition coefficient (Wildman–Crippen LogP) is 3.68. The molecule has 3 rings (SSSR count). The van der Waals surface area contributed by atoms with Crippen LogP contribution in [0, 0.1) is 0 Å². The van der Waals surface area contributed by atoms with Crippen LogP contribution >= 0.6 is 11.8 Å². The van der Waals surface area contributed by atoms with E-state index in [2.05, 4.69) is 22.5 Å². The van der Waals surface area contributed by atoms with E-state index in [9.17, 15) is 9.59 Å². The number of hydrogen-bond acceptors (Lipinski definition) is 4. The number of aromatic nitrogens is 2. The second-order valence-electron chi connectivity index (χ2n) is 6.72. The molecule has 0 fully saturated rings. The minimum Gasteiger partial charge on any atom is -0.351 e. The fourth-order valence-electron chi connectivity index (χ4n) is 2.84. The summed E-state index contributed by atoms with van der Waals surface area (Å²) in [7, 11) is 1.88. The van der Waals surface area contributed by atoms with Gasteiger partial charge in [-0.05, 0) is 23.6 Å². The van der Waals surface area contributed by atoms with Crippen LogP contribution in [0.4, 0.5) is 5.69 Å². The Morgan fingerprint density at radius 1 is 1.10 bits per heavy atom. The van der Waals surface area contributed by atoms with Crippen LogP contribution in [0.25, 0.3) is 0 Å². The number of aryl methyl sites for hydroxylation is 1. The third-order valence-corrected chi connectivity index (χ3v) is 5.55. The molecule has 6 nitrogen and oxygen atoms in total. The number of para-hydroxylation sites is 1. The molecule has 2 aromatic carbocycles. The van der Waals surface area contributed by atoms with E-state index >= 15 is 0 Å². The van der Waals surface area contributed by atoms with Gasteiger partial charge in [-0.1, -0.05) is 61.2 Å². The van der Waals surface area contributed by atoms with Crippen molar-refractivity contribution < 1.29 is 9.59 Å². The maximum Gasteiger partial charge on any atom is 0.253 e. The molecule has 1 aromatic heterocycles. The summed E-state index contributed by atoms with van der Waals surface area (Å²) >= 11 is 1.35. The molecule has 0 aliphatic carbocycles. The van der Waals surface area contributed by atoms with E-state index in [1.165, 1.54) is 17.3 Å². The first-order valence-electron chi connectivity index (χ1n) is 9.36. The van der Waals surface area contributed by atoms with E-state index in [1.54, 1.807) is 30.5 Å². The van der Waals surface area contributed by atoms with Crippen LogP contribution in [0.3, 0.4) is 0 Å². The highest BCUT2D eigenvalue weighted by atomic mass is 32.2. The van der Waals surface area contributed by atoms with Crippen molar-refractivity contribution in [3.05, 3.63) is 78.1 Å². The summed E-state index contributed by atoms with van der Waals surface area (Å²) in [6, 6.07) is 17.1. The molecule has 2 amide bonds. The summed E-state index contributed by atoms with van der Waals surface area (Å²) in [5.74, 6) is 0.0127. The number of anilines is 1. The second kappa shape index (κ2) is 9.93. The van der Waals surface area contributed by atoms with Gasteiger partial charge < -0.3 is 15.2 Å².